The molecule has 3 rings (SSSR count). The van der Waals surface area contributed by atoms with Crippen molar-refractivity contribution in [2.75, 3.05) is 13.1 Å². The van der Waals surface area contributed by atoms with Gasteiger partial charge in [-0.1, -0.05) is 17.7 Å². The first-order valence-electron chi connectivity index (χ1n) is 8.79. The summed E-state index contributed by atoms with van der Waals surface area (Å²) in [5, 5.41) is 16.4. The summed E-state index contributed by atoms with van der Waals surface area (Å²) >= 11 is 7.25. The molecule has 0 fully saturated rings. The van der Waals surface area contributed by atoms with E-state index in [1.54, 1.807) is 41.5 Å². The van der Waals surface area contributed by atoms with Crippen molar-refractivity contribution in [3.63, 3.8) is 0 Å². The highest BCUT2D eigenvalue weighted by Gasteiger charge is 2.11. The van der Waals surface area contributed by atoms with Crippen LogP contribution in [0.4, 0.5) is 4.39 Å². The van der Waals surface area contributed by atoms with Crippen molar-refractivity contribution in [2.24, 2.45) is 4.99 Å². The lowest BCUT2D eigenvalue weighted by Gasteiger charge is -2.14. The maximum absolute atomic E-state index is 14.4. The Labute approximate surface area is 171 Å². The van der Waals surface area contributed by atoms with Gasteiger partial charge in [0.2, 0.25) is 0 Å². The number of hydrogen-bond acceptors (Lipinski definition) is 4. The molecule has 0 saturated carbocycles. The third-order valence-corrected chi connectivity index (χ3v) is 5.28. The van der Waals surface area contributed by atoms with Crippen LogP contribution in [0.1, 0.15) is 23.5 Å². The maximum atomic E-state index is 14.4. The Kier molecular flexibility index (Phi) is 7.02. The number of guanidine groups is 1. The summed E-state index contributed by atoms with van der Waals surface area (Å²) in [6, 6.07) is 8.55. The number of thiophene rings is 1. The van der Waals surface area contributed by atoms with Crippen molar-refractivity contribution in [3.8, 4) is 5.69 Å². The second kappa shape index (κ2) is 9.68. The van der Waals surface area contributed by atoms with E-state index in [4.69, 9.17) is 11.6 Å². The summed E-state index contributed by atoms with van der Waals surface area (Å²) < 4.78 is 16.6. The fourth-order valence-corrected chi connectivity index (χ4v) is 3.62. The highest BCUT2D eigenvalue weighted by Crippen LogP contribution is 2.26. The monoisotopic (exact) mass is 421 g/mol. The van der Waals surface area contributed by atoms with Gasteiger partial charge in [-0.15, -0.1) is 11.3 Å². The molecule has 0 aliphatic carbocycles. The zero-order valence-corrected chi connectivity index (χ0v) is 16.8. The number of halogens is 2. The fourth-order valence-electron chi connectivity index (χ4n) is 2.57. The molecule has 1 aromatic carbocycles. The molecule has 9 heteroatoms. The van der Waals surface area contributed by atoms with Gasteiger partial charge in [-0.2, -0.15) is 0 Å². The Morgan fingerprint density at radius 1 is 1.36 bits per heavy atom. The summed E-state index contributed by atoms with van der Waals surface area (Å²) in [5.74, 6) is 0.206. The molecule has 2 heterocycles. The van der Waals surface area contributed by atoms with Crippen LogP contribution < -0.4 is 10.6 Å². The number of aliphatic hydroxyl groups excluding tert-OH is 1. The Bertz CT molecular complexity index is 928. The number of imidazole rings is 1. The van der Waals surface area contributed by atoms with Crippen molar-refractivity contribution >= 4 is 28.9 Å². The lowest BCUT2D eigenvalue weighted by molar-refractivity contribution is 0.184. The maximum Gasteiger partial charge on any atom is 0.191 e. The van der Waals surface area contributed by atoms with Gasteiger partial charge in [0.1, 0.15) is 11.9 Å². The first-order valence-corrected chi connectivity index (χ1v) is 9.98. The topological polar surface area (TPSA) is 74.5 Å². The molecule has 28 heavy (non-hydrogen) atoms. The third-order valence-electron chi connectivity index (χ3n) is 3.94. The van der Waals surface area contributed by atoms with Crippen LogP contribution in [0.5, 0.6) is 0 Å². The van der Waals surface area contributed by atoms with Crippen LogP contribution in [0.3, 0.4) is 0 Å². The third kappa shape index (κ3) is 5.31. The van der Waals surface area contributed by atoms with Gasteiger partial charge in [-0.25, -0.2) is 14.4 Å². The van der Waals surface area contributed by atoms with E-state index in [0.717, 1.165) is 10.4 Å². The van der Waals surface area contributed by atoms with Crippen molar-refractivity contribution in [1.29, 1.82) is 0 Å². The Balaban J connectivity index is 1.63. The second-order valence-electron chi connectivity index (χ2n) is 5.99. The molecule has 0 radical (unpaired) electrons. The van der Waals surface area contributed by atoms with Crippen molar-refractivity contribution in [3.05, 3.63) is 69.6 Å². The van der Waals surface area contributed by atoms with Gasteiger partial charge < -0.3 is 20.3 Å². The van der Waals surface area contributed by atoms with E-state index in [9.17, 15) is 9.50 Å². The number of nitrogens with one attached hydrogen (secondary N) is 2. The molecule has 6 nitrogen and oxygen atoms in total. The number of aliphatic imine (C=N–C) groups is 1. The molecule has 0 saturated heterocycles. The van der Waals surface area contributed by atoms with E-state index in [1.165, 1.54) is 17.4 Å². The van der Waals surface area contributed by atoms with Gasteiger partial charge in [0.05, 0.1) is 22.9 Å². The van der Waals surface area contributed by atoms with Crippen molar-refractivity contribution in [2.45, 2.75) is 19.6 Å². The molecule has 1 unspecified atom stereocenters. The molecular weight excluding hydrogens is 401 g/mol. The largest absolute Gasteiger partial charge is 0.386 e. The molecule has 0 bridgehead atoms. The van der Waals surface area contributed by atoms with E-state index in [-0.39, 0.29) is 12.4 Å². The SMILES string of the molecule is CCNC(=NCc1ccc(-n2ccnc2)c(F)c1)NCC(O)c1ccc(Cl)s1. The minimum Gasteiger partial charge on any atom is -0.386 e. The summed E-state index contributed by atoms with van der Waals surface area (Å²) in [5.41, 5.74) is 1.18. The van der Waals surface area contributed by atoms with E-state index in [0.29, 0.717) is 29.1 Å². The molecular formula is C19H21ClFN5OS. The molecule has 1 atom stereocenters. The number of rotatable bonds is 7. The molecule has 148 valence electrons. The van der Waals surface area contributed by atoms with Gasteiger partial charge in [0.25, 0.3) is 0 Å². The molecule has 3 N–H and O–H groups in total. The normalized spacial score (nSPS) is 12.8. The Morgan fingerprint density at radius 2 is 2.21 bits per heavy atom. The van der Waals surface area contributed by atoms with Crippen LogP contribution in [0.15, 0.2) is 54.0 Å². The van der Waals surface area contributed by atoms with Crippen molar-refractivity contribution in [1.82, 2.24) is 20.2 Å². The van der Waals surface area contributed by atoms with E-state index >= 15 is 0 Å². The number of hydrogen-bond donors (Lipinski definition) is 3. The summed E-state index contributed by atoms with van der Waals surface area (Å²) in [7, 11) is 0. The van der Waals surface area contributed by atoms with Crippen LogP contribution in [-0.2, 0) is 6.54 Å². The second-order valence-corrected chi connectivity index (χ2v) is 7.74. The number of benzene rings is 1. The number of aromatic nitrogens is 2. The number of aliphatic hydroxyl groups is 1. The Hall–Kier alpha value is -2.42. The predicted octanol–water partition coefficient (Wildman–Crippen LogP) is 3.52. The van der Waals surface area contributed by atoms with Gasteiger partial charge >= 0.3 is 0 Å². The van der Waals surface area contributed by atoms with E-state index < -0.39 is 6.10 Å². The smallest absolute Gasteiger partial charge is 0.191 e. The molecule has 0 amide bonds. The van der Waals surface area contributed by atoms with Crippen LogP contribution in [0, 0.1) is 5.82 Å². The first kappa shape index (κ1) is 20.3. The highest BCUT2D eigenvalue weighted by molar-refractivity contribution is 7.16. The van der Waals surface area contributed by atoms with E-state index in [1.807, 2.05) is 13.0 Å². The molecule has 0 aliphatic heterocycles. The Morgan fingerprint density at radius 3 is 2.86 bits per heavy atom. The zero-order chi connectivity index (χ0) is 19.9. The average Bonchev–Trinajstić information content (AvgIpc) is 3.35. The average molecular weight is 422 g/mol. The van der Waals surface area contributed by atoms with Gasteiger partial charge in [-0.3, -0.25) is 0 Å². The zero-order valence-electron chi connectivity index (χ0n) is 15.3. The van der Waals surface area contributed by atoms with Gasteiger partial charge in [0, 0.05) is 30.4 Å². The molecule has 0 spiro atoms. The lowest BCUT2D eigenvalue weighted by atomic mass is 10.2. The minimum absolute atomic E-state index is 0.288. The van der Waals surface area contributed by atoms with Gasteiger partial charge in [0.15, 0.2) is 5.96 Å². The lowest BCUT2D eigenvalue weighted by Crippen LogP contribution is -2.39. The van der Waals surface area contributed by atoms with E-state index in [2.05, 4.69) is 20.6 Å². The van der Waals surface area contributed by atoms with Crippen LogP contribution in [0.2, 0.25) is 4.34 Å². The highest BCUT2D eigenvalue weighted by atomic mass is 35.5. The van der Waals surface area contributed by atoms with Crippen LogP contribution >= 0.6 is 22.9 Å². The molecule has 3 aromatic rings. The molecule has 2 aromatic heterocycles. The van der Waals surface area contributed by atoms with Crippen molar-refractivity contribution < 1.29 is 9.50 Å². The summed E-state index contributed by atoms with van der Waals surface area (Å²) in [4.78, 5) is 9.18. The minimum atomic E-state index is -0.687. The quantitative estimate of drug-likeness (QED) is 0.403. The van der Waals surface area contributed by atoms with Crippen LogP contribution in [-0.4, -0.2) is 33.7 Å². The van der Waals surface area contributed by atoms with Gasteiger partial charge in [-0.05, 0) is 36.8 Å². The standard InChI is InChI=1S/C19H21ClFN5OS/c1-2-23-19(25-11-16(27)17-5-6-18(20)28-17)24-10-13-3-4-15(14(21)9-13)26-8-7-22-12-26/h3-9,12,16,27H,2,10-11H2,1H3,(H2,23,24,25). The summed E-state index contributed by atoms with van der Waals surface area (Å²) in [6.45, 7) is 3.21. The first-order chi connectivity index (χ1) is 13.6. The summed E-state index contributed by atoms with van der Waals surface area (Å²) in [6.07, 6.45) is 4.16. The fraction of sp³-hybridized carbons (Fsp3) is 0.263. The predicted molar refractivity (Wildman–Crippen MR) is 111 cm³/mol. The number of nitrogens with zero attached hydrogens (tertiary/aromatic N) is 3. The molecule has 0 aliphatic rings. The van der Waals surface area contributed by atoms with Crippen LogP contribution in [0.25, 0.3) is 5.69 Å².